The molecule has 34 heavy (non-hydrogen) atoms. The molecule has 2 amide bonds. The molecule has 2 aromatic carbocycles. The van der Waals surface area contributed by atoms with Crippen LogP contribution in [-0.2, 0) is 17.8 Å². The second-order valence-corrected chi connectivity index (χ2v) is 9.07. The highest BCUT2D eigenvalue weighted by Crippen LogP contribution is 2.27. The van der Waals surface area contributed by atoms with E-state index >= 15 is 0 Å². The summed E-state index contributed by atoms with van der Waals surface area (Å²) in [6.07, 6.45) is 5.17. The molecule has 3 N–H and O–H groups in total. The normalized spacial score (nSPS) is 17.8. The van der Waals surface area contributed by atoms with Crippen molar-refractivity contribution in [2.75, 3.05) is 0 Å². The minimum Gasteiger partial charge on any atom is -0.349 e. The molecule has 7 heteroatoms. The van der Waals surface area contributed by atoms with Gasteiger partial charge in [-0.2, -0.15) is 0 Å². The Morgan fingerprint density at radius 1 is 1.12 bits per heavy atom. The highest BCUT2D eigenvalue weighted by Gasteiger charge is 2.34. The van der Waals surface area contributed by atoms with Crippen LogP contribution in [0.5, 0.6) is 0 Å². The predicted molar refractivity (Wildman–Crippen MR) is 131 cm³/mol. The lowest BCUT2D eigenvalue weighted by Gasteiger charge is -2.19. The maximum atomic E-state index is 12.9. The van der Waals surface area contributed by atoms with Crippen LogP contribution in [0, 0.1) is 12.8 Å². The zero-order chi connectivity index (χ0) is 23.7. The summed E-state index contributed by atoms with van der Waals surface area (Å²) in [6.45, 7) is 2.85. The van der Waals surface area contributed by atoms with Crippen LogP contribution in [-0.4, -0.2) is 32.6 Å². The molecule has 2 atom stereocenters. The van der Waals surface area contributed by atoms with E-state index in [9.17, 15) is 9.59 Å². The van der Waals surface area contributed by atoms with Crippen molar-refractivity contribution < 1.29 is 14.8 Å². The van der Waals surface area contributed by atoms with E-state index in [0.29, 0.717) is 12.0 Å². The Balaban J connectivity index is 1.31. The number of benzene rings is 2. The van der Waals surface area contributed by atoms with E-state index in [1.54, 1.807) is 5.48 Å². The van der Waals surface area contributed by atoms with Gasteiger partial charge in [-0.15, -0.1) is 0 Å². The van der Waals surface area contributed by atoms with Gasteiger partial charge in [-0.05, 0) is 68.1 Å². The third-order valence-electron chi connectivity index (χ3n) is 6.86. The molecule has 0 radical (unpaired) electrons. The molecule has 7 nitrogen and oxygen atoms in total. The van der Waals surface area contributed by atoms with Crippen LogP contribution >= 0.6 is 0 Å². The lowest BCUT2D eigenvalue weighted by atomic mass is 10.0. The molecule has 2 unspecified atom stereocenters. The number of para-hydroxylation sites is 1. The molecule has 1 aliphatic rings. The van der Waals surface area contributed by atoms with Gasteiger partial charge in [-0.3, -0.25) is 19.8 Å². The Kier molecular flexibility index (Phi) is 6.02. The SMILES string of the molecule is Cc1cc(CCn2ccc3cc(C(=O)NC4CCCC4C(=O)NO)ccc32)c2ccccc2n1. The average molecular weight is 457 g/mol. The highest BCUT2D eigenvalue weighted by atomic mass is 16.5. The van der Waals surface area contributed by atoms with Gasteiger partial charge in [-0.1, -0.05) is 24.6 Å². The Morgan fingerprint density at radius 2 is 1.97 bits per heavy atom. The van der Waals surface area contributed by atoms with Gasteiger partial charge in [0.25, 0.3) is 5.91 Å². The van der Waals surface area contributed by atoms with E-state index < -0.39 is 11.8 Å². The molecule has 0 aliphatic heterocycles. The zero-order valence-electron chi connectivity index (χ0n) is 19.1. The molecule has 0 saturated heterocycles. The molecule has 4 aromatic rings. The summed E-state index contributed by atoms with van der Waals surface area (Å²) in [6, 6.07) is 17.8. The largest absolute Gasteiger partial charge is 0.349 e. The maximum Gasteiger partial charge on any atom is 0.251 e. The number of hydroxylamine groups is 1. The minimum absolute atomic E-state index is 0.198. The number of aryl methyl sites for hydroxylation is 3. The smallest absolute Gasteiger partial charge is 0.251 e. The highest BCUT2D eigenvalue weighted by molar-refractivity contribution is 5.98. The third kappa shape index (κ3) is 4.26. The number of amides is 2. The van der Waals surface area contributed by atoms with E-state index in [-0.39, 0.29) is 11.9 Å². The van der Waals surface area contributed by atoms with Gasteiger partial charge in [0.1, 0.15) is 0 Å². The lowest BCUT2D eigenvalue weighted by molar-refractivity contribution is -0.133. The molecular weight excluding hydrogens is 428 g/mol. The van der Waals surface area contributed by atoms with Gasteiger partial charge < -0.3 is 9.88 Å². The molecule has 1 aliphatic carbocycles. The number of pyridine rings is 1. The summed E-state index contributed by atoms with van der Waals surface area (Å²) in [7, 11) is 0. The van der Waals surface area contributed by atoms with Crippen molar-refractivity contribution in [2.45, 2.75) is 45.2 Å². The fourth-order valence-corrected chi connectivity index (χ4v) is 5.16. The Labute approximate surface area is 197 Å². The maximum absolute atomic E-state index is 12.9. The molecule has 0 bridgehead atoms. The second kappa shape index (κ2) is 9.27. The number of fused-ring (bicyclic) bond motifs is 2. The summed E-state index contributed by atoms with van der Waals surface area (Å²) in [5.74, 6) is -1.03. The molecule has 174 valence electrons. The van der Waals surface area contributed by atoms with Crippen molar-refractivity contribution in [3.8, 4) is 0 Å². The fourth-order valence-electron chi connectivity index (χ4n) is 5.16. The van der Waals surface area contributed by atoms with Crippen LogP contribution < -0.4 is 10.8 Å². The van der Waals surface area contributed by atoms with Gasteiger partial charge in [0.2, 0.25) is 5.91 Å². The number of carbonyl (C=O) groups excluding carboxylic acids is 2. The molecular formula is C27H28N4O3. The van der Waals surface area contributed by atoms with Crippen molar-refractivity contribution in [3.05, 3.63) is 77.6 Å². The van der Waals surface area contributed by atoms with Crippen LogP contribution in [0.25, 0.3) is 21.8 Å². The first kappa shape index (κ1) is 22.1. The zero-order valence-corrected chi connectivity index (χ0v) is 19.1. The number of carbonyl (C=O) groups is 2. The molecule has 2 aromatic heterocycles. The molecule has 1 saturated carbocycles. The molecule has 1 fully saturated rings. The molecule has 0 spiro atoms. The number of hydrogen-bond acceptors (Lipinski definition) is 4. The first-order valence-corrected chi connectivity index (χ1v) is 11.7. The number of nitrogens with one attached hydrogen (secondary N) is 2. The average Bonchev–Trinajstić information content (AvgIpc) is 3.48. The minimum atomic E-state index is -0.438. The summed E-state index contributed by atoms with van der Waals surface area (Å²) in [5.41, 5.74) is 6.67. The van der Waals surface area contributed by atoms with Gasteiger partial charge in [0, 0.05) is 46.3 Å². The van der Waals surface area contributed by atoms with Crippen molar-refractivity contribution in [2.24, 2.45) is 5.92 Å². The Bertz CT molecular complexity index is 1380. The number of rotatable bonds is 6. The summed E-state index contributed by atoms with van der Waals surface area (Å²) in [5, 5.41) is 14.1. The number of nitrogens with zero attached hydrogens (tertiary/aromatic N) is 2. The molecule has 5 rings (SSSR count). The summed E-state index contributed by atoms with van der Waals surface area (Å²) in [4.78, 5) is 29.3. The fraction of sp³-hybridized carbons (Fsp3) is 0.296. The van der Waals surface area contributed by atoms with E-state index in [2.05, 4.69) is 33.2 Å². The second-order valence-electron chi connectivity index (χ2n) is 9.07. The van der Waals surface area contributed by atoms with Crippen LogP contribution in [0.2, 0.25) is 0 Å². The third-order valence-corrected chi connectivity index (χ3v) is 6.86. The molecule has 2 heterocycles. The van der Waals surface area contributed by atoms with Crippen molar-refractivity contribution >= 4 is 33.6 Å². The Morgan fingerprint density at radius 3 is 2.82 bits per heavy atom. The summed E-state index contributed by atoms with van der Waals surface area (Å²) < 4.78 is 2.21. The van der Waals surface area contributed by atoms with E-state index in [4.69, 9.17) is 5.21 Å². The Hall–Kier alpha value is -3.71. The predicted octanol–water partition coefficient (Wildman–Crippen LogP) is 4.14. The lowest BCUT2D eigenvalue weighted by Crippen LogP contribution is -2.43. The van der Waals surface area contributed by atoms with Crippen molar-refractivity contribution in [1.82, 2.24) is 20.3 Å². The summed E-state index contributed by atoms with van der Waals surface area (Å²) >= 11 is 0. The first-order valence-electron chi connectivity index (χ1n) is 11.7. The van der Waals surface area contributed by atoms with Crippen LogP contribution in [0.4, 0.5) is 0 Å². The van der Waals surface area contributed by atoms with Crippen LogP contribution in [0.3, 0.4) is 0 Å². The monoisotopic (exact) mass is 456 g/mol. The standard InChI is InChI=1S/C27H28N4O3/c1-17-15-18(21-5-2-3-7-23(21)28-17)11-13-31-14-12-19-16-20(9-10-25(19)31)26(32)29-24-8-4-6-22(24)27(33)30-34/h2-3,5,7,9-10,12,14-16,22,24,34H,4,6,8,11,13H2,1H3,(H,29,32)(H,30,33). The first-order chi connectivity index (χ1) is 16.5. The van der Waals surface area contributed by atoms with Gasteiger partial charge in [0.15, 0.2) is 0 Å². The van der Waals surface area contributed by atoms with E-state index in [0.717, 1.165) is 47.9 Å². The van der Waals surface area contributed by atoms with Gasteiger partial charge in [-0.25, -0.2) is 5.48 Å². The van der Waals surface area contributed by atoms with E-state index in [1.165, 1.54) is 10.9 Å². The van der Waals surface area contributed by atoms with Gasteiger partial charge >= 0.3 is 0 Å². The number of hydrogen-bond donors (Lipinski definition) is 3. The van der Waals surface area contributed by atoms with Crippen LogP contribution in [0.15, 0.2) is 60.8 Å². The van der Waals surface area contributed by atoms with Crippen molar-refractivity contribution in [3.63, 3.8) is 0 Å². The van der Waals surface area contributed by atoms with E-state index in [1.807, 2.05) is 49.4 Å². The number of aromatic nitrogens is 2. The quantitative estimate of drug-likeness (QED) is 0.300. The topological polar surface area (TPSA) is 96.2 Å². The van der Waals surface area contributed by atoms with Gasteiger partial charge in [0.05, 0.1) is 11.4 Å². The van der Waals surface area contributed by atoms with Crippen molar-refractivity contribution in [1.29, 1.82) is 0 Å². The van der Waals surface area contributed by atoms with Crippen LogP contribution in [0.1, 0.15) is 40.9 Å².